The van der Waals surface area contributed by atoms with Crippen LogP contribution in [0.5, 0.6) is 0 Å². The maximum absolute atomic E-state index is 4.42. The predicted octanol–water partition coefficient (Wildman–Crippen LogP) is 4.15. The summed E-state index contributed by atoms with van der Waals surface area (Å²) in [6, 6.07) is 11.6. The third-order valence-electron chi connectivity index (χ3n) is 5.55. The molecule has 26 heavy (non-hydrogen) atoms. The Morgan fingerprint density at radius 1 is 1.15 bits per heavy atom. The molecular formula is C21H33IN4. The summed E-state index contributed by atoms with van der Waals surface area (Å²) in [6.07, 6.45) is 11.7. The highest BCUT2D eigenvalue weighted by Gasteiger charge is 2.35. The fraction of sp³-hybridized carbons (Fsp3) is 0.571. The Labute approximate surface area is 175 Å². The Bertz CT molecular complexity index is 585. The van der Waals surface area contributed by atoms with E-state index in [1.165, 1.54) is 31.2 Å². The molecule has 1 fully saturated rings. The van der Waals surface area contributed by atoms with Gasteiger partial charge in [0, 0.05) is 31.2 Å². The lowest BCUT2D eigenvalue weighted by Crippen LogP contribution is -2.55. The van der Waals surface area contributed by atoms with Gasteiger partial charge < -0.3 is 16.0 Å². The van der Waals surface area contributed by atoms with Crippen LogP contribution >= 0.6 is 24.0 Å². The lowest BCUT2D eigenvalue weighted by atomic mass is 9.94. The third kappa shape index (κ3) is 5.71. The van der Waals surface area contributed by atoms with Gasteiger partial charge in [0.2, 0.25) is 0 Å². The van der Waals surface area contributed by atoms with Crippen LogP contribution in [-0.2, 0) is 0 Å². The molecule has 3 N–H and O–H groups in total. The van der Waals surface area contributed by atoms with Crippen LogP contribution in [0, 0.1) is 0 Å². The van der Waals surface area contributed by atoms with Crippen molar-refractivity contribution in [2.75, 3.05) is 13.6 Å². The summed E-state index contributed by atoms with van der Waals surface area (Å²) in [7, 11) is 1.86. The highest BCUT2D eigenvalue weighted by Crippen LogP contribution is 2.31. The molecule has 5 heteroatoms. The van der Waals surface area contributed by atoms with E-state index in [0.29, 0.717) is 12.1 Å². The lowest BCUT2D eigenvalue weighted by Gasteiger charge is -2.35. The van der Waals surface area contributed by atoms with Crippen molar-refractivity contribution < 1.29 is 0 Å². The first-order valence-electron chi connectivity index (χ1n) is 9.66. The molecule has 0 amide bonds. The molecule has 1 saturated carbocycles. The molecule has 1 aromatic carbocycles. The second kappa shape index (κ2) is 10.3. The number of hydrogen-bond acceptors (Lipinski definition) is 2. The molecule has 144 valence electrons. The first-order chi connectivity index (χ1) is 12.2. The zero-order chi connectivity index (χ0) is 17.5. The number of halogens is 1. The zero-order valence-electron chi connectivity index (χ0n) is 16.0. The first kappa shape index (κ1) is 21.2. The Morgan fingerprint density at radius 3 is 2.42 bits per heavy atom. The van der Waals surface area contributed by atoms with Gasteiger partial charge in [-0.1, -0.05) is 55.3 Å². The lowest BCUT2D eigenvalue weighted by molar-refractivity contribution is 0.296. The molecule has 1 atom stereocenters. The average molecular weight is 468 g/mol. The smallest absolute Gasteiger partial charge is 0.191 e. The van der Waals surface area contributed by atoms with Crippen LogP contribution in [0.3, 0.4) is 0 Å². The number of benzene rings is 1. The van der Waals surface area contributed by atoms with Gasteiger partial charge in [0.1, 0.15) is 0 Å². The summed E-state index contributed by atoms with van der Waals surface area (Å²) in [5, 5.41) is 11.0. The van der Waals surface area contributed by atoms with Gasteiger partial charge in [-0.05, 0) is 38.2 Å². The molecule has 4 nitrogen and oxygen atoms in total. The molecule has 0 radical (unpaired) electrons. The van der Waals surface area contributed by atoms with Crippen molar-refractivity contribution in [1.29, 1.82) is 0 Å². The van der Waals surface area contributed by atoms with E-state index in [1.54, 1.807) is 0 Å². The van der Waals surface area contributed by atoms with Gasteiger partial charge in [0.25, 0.3) is 0 Å². The Hall–Kier alpha value is -1.08. The van der Waals surface area contributed by atoms with Gasteiger partial charge in [-0.2, -0.15) is 0 Å². The Kier molecular flexibility index (Phi) is 8.41. The van der Waals surface area contributed by atoms with Gasteiger partial charge in [0.05, 0.1) is 0 Å². The van der Waals surface area contributed by atoms with E-state index in [1.807, 2.05) is 7.05 Å². The molecule has 1 unspecified atom stereocenters. The maximum atomic E-state index is 4.42. The second-order valence-corrected chi connectivity index (χ2v) is 7.47. The van der Waals surface area contributed by atoms with Gasteiger partial charge >= 0.3 is 0 Å². The normalized spacial score (nSPS) is 20.6. The SMILES string of the molecule is CN=C(NCC1(NC(C)c2ccccc2)CCCC1)NC1CC=CC1.I. The highest BCUT2D eigenvalue weighted by atomic mass is 127. The van der Waals surface area contributed by atoms with E-state index >= 15 is 0 Å². The summed E-state index contributed by atoms with van der Waals surface area (Å²) in [6.45, 7) is 3.19. The van der Waals surface area contributed by atoms with E-state index < -0.39 is 0 Å². The maximum Gasteiger partial charge on any atom is 0.191 e. The molecule has 2 aliphatic rings. The van der Waals surface area contributed by atoms with E-state index in [-0.39, 0.29) is 29.5 Å². The summed E-state index contributed by atoms with van der Waals surface area (Å²) in [5.41, 5.74) is 1.51. The number of rotatable bonds is 6. The molecular weight excluding hydrogens is 435 g/mol. The number of guanidine groups is 1. The molecule has 0 heterocycles. The molecule has 0 spiro atoms. The zero-order valence-corrected chi connectivity index (χ0v) is 18.3. The van der Waals surface area contributed by atoms with Crippen LogP contribution in [0.1, 0.15) is 57.1 Å². The van der Waals surface area contributed by atoms with Gasteiger partial charge in [-0.15, -0.1) is 24.0 Å². The number of hydrogen-bond donors (Lipinski definition) is 3. The van der Waals surface area contributed by atoms with Crippen molar-refractivity contribution in [2.24, 2.45) is 4.99 Å². The quantitative estimate of drug-likeness (QED) is 0.255. The summed E-state index contributed by atoms with van der Waals surface area (Å²) in [4.78, 5) is 4.42. The van der Waals surface area contributed by atoms with Crippen molar-refractivity contribution in [3.8, 4) is 0 Å². The minimum Gasteiger partial charge on any atom is -0.355 e. The largest absolute Gasteiger partial charge is 0.355 e. The van der Waals surface area contributed by atoms with Crippen molar-refractivity contribution in [3.63, 3.8) is 0 Å². The van der Waals surface area contributed by atoms with Crippen LogP contribution < -0.4 is 16.0 Å². The van der Waals surface area contributed by atoms with E-state index in [4.69, 9.17) is 0 Å². The van der Waals surface area contributed by atoms with Crippen LogP contribution in [-0.4, -0.2) is 31.1 Å². The van der Waals surface area contributed by atoms with Crippen molar-refractivity contribution in [2.45, 2.75) is 63.1 Å². The minimum atomic E-state index is 0. The summed E-state index contributed by atoms with van der Waals surface area (Å²) >= 11 is 0. The molecule has 1 aromatic rings. The van der Waals surface area contributed by atoms with Crippen molar-refractivity contribution in [3.05, 3.63) is 48.0 Å². The number of aliphatic imine (C=N–C) groups is 1. The van der Waals surface area contributed by atoms with E-state index in [2.05, 4.69) is 70.4 Å². The monoisotopic (exact) mass is 468 g/mol. The molecule has 2 aliphatic carbocycles. The topological polar surface area (TPSA) is 48.5 Å². The van der Waals surface area contributed by atoms with Gasteiger partial charge in [0.15, 0.2) is 5.96 Å². The van der Waals surface area contributed by atoms with Gasteiger partial charge in [-0.3, -0.25) is 4.99 Å². The number of nitrogens with one attached hydrogen (secondary N) is 3. The third-order valence-corrected chi connectivity index (χ3v) is 5.55. The average Bonchev–Trinajstić information content (AvgIpc) is 3.32. The van der Waals surface area contributed by atoms with E-state index in [9.17, 15) is 0 Å². The van der Waals surface area contributed by atoms with Crippen molar-refractivity contribution in [1.82, 2.24) is 16.0 Å². The fourth-order valence-corrected chi connectivity index (χ4v) is 4.08. The fourth-order valence-electron chi connectivity index (χ4n) is 4.08. The highest BCUT2D eigenvalue weighted by molar-refractivity contribution is 14.0. The number of nitrogens with zero attached hydrogens (tertiary/aromatic N) is 1. The first-order valence-corrected chi connectivity index (χ1v) is 9.66. The molecule has 0 saturated heterocycles. The molecule has 0 bridgehead atoms. The van der Waals surface area contributed by atoms with Gasteiger partial charge in [-0.25, -0.2) is 0 Å². The summed E-state index contributed by atoms with van der Waals surface area (Å²) < 4.78 is 0. The van der Waals surface area contributed by atoms with Crippen LogP contribution in [0.2, 0.25) is 0 Å². The van der Waals surface area contributed by atoms with E-state index in [0.717, 1.165) is 25.3 Å². The predicted molar refractivity (Wildman–Crippen MR) is 121 cm³/mol. The second-order valence-electron chi connectivity index (χ2n) is 7.47. The van der Waals surface area contributed by atoms with Crippen LogP contribution in [0.4, 0.5) is 0 Å². The minimum absolute atomic E-state index is 0. The van der Waals surface area contributed by atoms with Crippen molar-refractivity contribution >= 4 is 29.9 Å². The van der Waals surface area contributed by atoms with Crippen LogP contribution in [0.15, 0.2) is 47.5 Å². The van der Waals surface area contributed by atoms with Crippen LogP contribution in [0.25, 0.3) is 0 Å². The Morgan fingerprint density at radius 2 is 1.81 bits per heavy atom. The molecule has 3 rings (SSSR count). The molecule has 0 aromatic heterocycles. The standard InChI is InChI=1S/C21H32N4.HI/c1-17(18-10-4-3-5-11-18)25-21(14-8-9-15-21)16-23-20(22-2)24-19-12-6-7-13-19;/h3-7,10-11,17,19,25H,8-9,12-16H2,1-2H3,(H2,22,23,24);1H. The summed E-state index contributed by atoms with van der Waals surface area (Å²) in [5.74, 6) is 0.925. The molecule has 0 aliphatic heterocycles. The Balaban J connectivity index is 0.00000243.